The molecule has 5 heteroatoms. The van der Waals surface area contributed by atoms with E-state index in [9.17, 15) is 14.0 Å². The van der Waals surface area contributed by atoms with Crippen LogP contribution >= 0.6 is 0 Å². The third kappa shape index (κ3) is 3.66. The maximum Gasteiger partial charge on any atom is 0.254 e. The van der Waals surface area contributed by atoms with E-state index in [1.54, 1.807) is 6.07 Å². The fourth-order valence-corrected chi connectivity index (χ4v) is 2.79. The van der Waals surface area contributed by atoms with Gasteiger partial charge in [-0.05, 0) is 28.5 Å². The van der Waals surface area contributed by atoms with Crippen LogP contribution in [-0.4, -0.2) is 17.9 Å². The summed E-state index contributed by atoms with van der Waals surface area (Å²) < 4.78 is 13.7. The molecule has 0 heterocycles. The molecule has 0 spiro atoms. The van der Waals surface area contributed by atoms with Gasteiger partial charge < -0.3 is 11.1 Å². The van der Waals surface area contributed by atoms with Crippen LogP contribution in [0.5, 0.6) is 0 Å². The molecule has 126 valence electrons. The van der Waals surface area contributed by atoms with Gasteiger partial charge in [-0.2, -0.15) is 0 Å². The molecule has 0 aliphatic rings. The summed E-state index contributed by atoms with van der Waals surface area (Å²) in [6, 6.07) is 18.2. The third-order valence-corrected chi connectivity index (χ3v) is 4.07. The predicted molar refractivity (Wildman–Crippen MR) is 94.5 cm³/mol. The monoisotopic (exact) mass is 336 g/mol. The van der Waals surface area contributed by atoms with E-state index in [0.29, 0.717) is 0 Å². The van der Waals surface area contributed by atoms with Gasteiger partial charge in [0.2, 0.25) is 5.91 Å². The van der Waals surface area contributed by atoms with Gasteiger partial charge in [0.25, 0.3) is 5.91 Å². The largest absolute Gasteiger partial charge is 0.368 e. The van der Waals surface area contributed by atoms with E-state index < -0.39 is 23.7 Å². The van der Waals surface area contributed by atoms with Crippen LogP contribution in [0, 0.1) is 5.82 Å². The minimum Gasteiger partial charge on any atom is -0.368 e. The molecule has 0 aliphatic heterocycles. The van der Waals surface area contributed by atoms with E-state index in [4.69, 9.17) is 5.73 Å². The number of rotatable bonds is 5. The van der Waals surface area contributed by atoms with Crippen LogP contribution in [-0.2, 0) is 11.2 Å². The lowest BCUT2D eigenvalue weighted by Crippen LogP contribution is -2.46. The predicted octanol–water partition coefficient (Wildman–Crippen LogP) is 2.81. The van der Waals surface area contributed by atoms with Gasteiger partial charge >= 0.3 is 0 Å². The van der Waals surface area contributed by atoms with Crippen molar-refractivity contribution in [2.45, 2.75) is 12.5 Å². The molecule has 3 rings (SSSR count). The molecule has 3 N–H and O–H groups in total. The fraction of sp³-hybridized carbons (Fsp3) is 0.100. The van der Waals surface area contributed by atoms with Crippen molar-refractivity contribution < 1.29 is 14.0 Å². The highest BCUT2D eigenvalue weighted by atomic mass is 19.1. The van der Waals surface area contributed by atoms with E-state index in [0.717, 1.165) is 16.3 Å². The first-order chi connectivity index (χ1) is 12.1. The molecule has 0 unspecified atom stereocenters. The van der Waals surface area contributed by atoms with Crippen LogP contribution in [0.2, 0.25) is 0 Å². The highest BCUT2D eigenvalue weighted by molar-refractivity contribution is 5.97. The van der Waals surface area contributed by atoms with Crippen molar-refractivity contribution in [2.75, 3.05) is 0 Å². The van der Waals surface area contributed by atoms with E-state index in [2.05, 4.69) is 5.32 Å². The van der Waals surface area contributed by atoms with Gasteiger partial charge in [-0.15, -0.1) is 0 Å². The topological polar surface area (TPSA) is 72.2 Å². The molecule has 4 nitrogen and oxygen atoms in total. The number of primary amides is 1. The quantitative estimate of drug-likeness (QED) is 0.752. The van der Waals surface area contributed by atoms with Crippen molar-refractivity contribution in [3.05, 3.63) is 83.7 Å². The van der Waals surface area contributed by atoms with Crippen molar-refractivity contribution in [3.63, 3.8) is 0 Å². The highest BCUT2D eigenvalue weighted by Gasteiger charge is 2.21. The smallest absolute Gasteiger partial charge is 0.254 e. The molecule has 1 atom stereocenters. The number of hydrogen-bond acceptors (Lipinski definition) is 2. The average Bonchev–Trinajstić information content (AvgIpc) is 2.61. The Morgan fingerprint density at radius 2 is 1.64 bits per heavy atom. The van der Waals surface area contributed by atoms with Crippen molar-refractivity contribution in [3.8, 4) is 0 Å². The molecule has 0 saturated carbocycles. The lowest BCUT2D eigenvalue weighted by atomic mass is 9.98. The lowest BCUT2D eigenvalue weighted by molar-refractivity contribution is -0.119. The molecule has 3 aromatic rings. The van der Waals surface area contributed by atoms with Gasteiger partial charge in [0.1, 0.15) is 11.9 Å². The number of benzene rings is 3. The van der Waals surface area contributed by atoms with Gasteiger partial charge in [-0.1, -0.05) is 54.6 Å². The van der Waals surface area contributed by atoms with E-state index in [1.807, 2.05) is 42.5 Å². The summed E-state index contributed by atoms with van der Waals surface area (Å²) in [7, 11) is 0. The van der Waals surface area contributed by atoms with Crippen LogP contribution in [0.4, 0.5) is 4.39 Å². The maximum absolute atomic E-state index is 13.7. The number of nitrogens with two attached hydrogens (primary N) is 1. The summed E-state index contributed by atoms with van der Waals surface area (Å²) in [4.78, 5) is 24.1. The van der Waals surface area contributed by atoms with Gasteiger partial charge in [0, 0.05) is 6.42 Å². The second kappa shape index (κ2) is 7.13. The molecule has 25 heavy (non-hydrogen) atoms. The summed E-state index contributed by atoms with van der Waals surface area (Å²) in [6.45, 7) is 0. The first-order valence-electron chi connectivity index (χ1n) is 7.87. The molecule has 2 amide bonds. The van der Waals surface area contributed by atoms with Gasteiger partial charge in [-0.3, -0.25) is 9.59 Å². The molecule has 0 radical (unpaired) electrons. The fourth-order valence-electron chi connectivity index (χ4n) is 2.79. The van der Waals surface area contributed by atoms with Crippen LogP contribution in [0.3, 0.4) is 0 Å². The number of carbonyl (C=O) groups is 2. The summed E-state index contributed by atoms with van der Waals surface area (Å²) in [5.74, 6) is -1.98. The van der Waals surface area contributed by atoms with Crippen LogP contribution in [0.25, 0.3) is 10.8 Å². The summed E-state index contributed by atoms with van der Waals surface area (Å²) in [6.07, 6.45) is 0.233. The summed E-state index contributed by atoms with van der Waals surface area (Å²) in [5.41, 5.74) is 6.21. The second-order valence-electron chi connectivity index (χ2n) is 5.75. The first kappa shape index (κ1) is 16.6. The van der Waals surface area contributed by atoms with Crippen LogP contribution < -0.4 is 11.1 Å². The lowest BCUT2D eigenvalue weighted by Gasteiger charge is -2.17. The number of halogens is 1. The van der Waals surface area contributed by atoms with Crippen LogP contribution in [0.15, 0.2) is 66.7 Å². The molecule has 0 fully saturated rings. The van der Waals surface area contributed by atoms with E-state index in [1.165, 1.54) is 18.2 Å². The average molecular weight is 336 g/mol. The molecular formula is C20H17FN2O2. The number of nitrogens with one attached hydrogen (secondary N) is 1. The third-order valence-electron chi connectivity index (χ3n) is 4.07. The molecule has 0 aromatic heterocycles. The summed E-state index contributed by atoms with van der Waals surface area (Å²) in [5, 5.41) is 4.55. The zero-order chi connectivity index (χ0) is 17.8. The SMILES string of the molecule is NC(=O)[C@H](Cc1cccc2ccccc12)NC(=O)c1ccccc1F. The Morgan fingerprint density at radius 1 is 0.960 bits per heavy atom. The number of carbonyl (C=O) groups excluding carboxylic acids is 2. The van der Waals surface area contributed by atoms with Crippen LogP contribution in [0.1, 0.15) is 15.9 Å². The van der Waals surface area contributed by atoms with Crippen molar-refractivity contribution in [2.24, 2.45) is 5.73 Å². The van der Waals surface area contributed by atoms with Gasteiger partial charge in [-0.25, -0.2) is 4.39 Å². The van der Waals surface area contributed by atoms with Gasteiger partial charge in [0.05, 0.1) is 5.56 Å². The molecule has 3 aromatic carbocycles. The number of hydrogen-bond donors (Lipinski definition) is 2. The Kier molecular flexibility index (Phi) is 4.75. The normalized spacial score (nSPS) is 11.9. The zero-order valence-corrected chi connectivity index (χ0v) is 13.4. The van der Waals surface area contributed by atoms with Crippen molar-refractivity contribution >= 4 is 22.6 Å². The van der Waals surface area contributed by atoms with Crippen molar-refractivity contribution in [1.29, 1.82) is 0 Å². The number of fused-ring (bicyclic) bond motifs is 1. The standard InChI is InChI=1S/C20H17FN2O2/c21-17-11-4-3-10-16(17)20(25)23-18(19(22)24)12-14-8-5-7-13-6-1-2-9-15(13)14/h1-11,18H,12H2,(H2,22,24)(H,23,25)/t18-/m0/s1. The molecular weight excluding hydrogens is 319 g/mol. The molecule has 0 aliphatic carbocycles. The molecule has 0 saturated heterocycles. The van der Waals surface area contributed by atoms with E-state index in [-0.39, 0.29) is 12.0 Å². The van der Waals surface area contributed by atoms with E-state index >= 15 is 0 Å². The minimum absolute atomic E-state index is 0.119. The molecule has 0 bridgehead atoms. The minimum atomic E-state index is -0.932. The van der Waals surface area contributed by atoms with Crippen molar-refractivity contribution in [1.82, 2.24) is 5.32 Å². The second-order valence-corrected chi connectivity index (χ2v) is 5.75. The Hall–Kier alpha value is -3.21. The zero-order valence-electron chi connectivity index (χ0n) is 13.4. The highest BCUT2D eigenvalue weighted by Crippen LogP contribution is 2.20. The number of amides is 2. The summed E-state index contributed by atoms with van der Waals surface area (Å²) >= 11 is 0. The Bertz CT molecular complexity index is 934. The first-order valence-corrected chi connectivity index (χ1v) is 7.87. The van der Waals surface area contributed by atoms with Gasteiger partial charge in [0.15, 0.2) is 0 Å². The Morgan fingerprint density at radius 3 is 2.40 bits per heavy atom. The Labute approximate surface area is 144 Å². The maximum atomic E-state index is 13.7. The Balaban J connectivity index is 1.86.